The minimum absolute atomic E-state index is 0.0208. The summed E-state index contributed by atoms with van der Waals surface area (Å²) in [4.78, 5) is 13.1. The number of carbonyl (C=O) groups excluding carboxylic acids is 1. The van der Waals surface area contributed by atoms with Crippen molar-refractivity contribution in [3.05, 3.63) is 60.2 Å². The number of hydrogen-bond acceptors (Lipinski definition) is 3. The molecule has 1 fully saturated rings. The highest BCUT2D eigenvalue weighted by Crippen LogP contribution is 2.33. The molecule has 0 bridgehead atoms. The monoisotopic (exact) mass is 381 g/mol. The molecule has 1 saturated heterocycles. The first-order valence-electron chi connectivity index (χ1n) is 10.2. The zero-order valence-corrected chi connectivity index (χ0v) is 16.4. The summed E-state index contributed by atoms with van der Waals surface area (Å²) < 4.78 is 12.0. The van der Waals surface area contributed by atoms with Crippen molar-refractivity contribution >= 4 is 5.91 Å². The van der Waals surface area contributed by atoms with Crippen LogP contribution in [0.15, 0.2) is 54.6 Å². The Labute approximate surface area is 166 Å². The molecule has 0 aliphatic carbocycles. The van der Waals surface area contributed by atoms with Crippen LogP contribution in [0, 0.1) is 0 Å². The van der Waals surface area contributed by atoms with Crippen LogP contribution in [0.1, 0.15) is 25.3 Å². The molecule has 0 aromatic heterocycles. The minimum Gasteiger partial charge on any atom is -0.486 e. The first-order chi connectivity index (χ1) is 13.6. The third kappa shape index (κ3) is 4.14. The SMILES string of the molecule is CC(=O)NCC1(c2ccccc2)CC[NH+](C[C@@H]2COc3ccccc3O2)CC1. The molecule has 2 heterocycles. The molecule has 0 spiro atoms. The van der Waals surface area contributed by atoms with Crippen LogP contribution in [0.2, 0.25) is 0 Å². The molecule has 0 radical (unpaired) electrons. The van der Waals surface area contributed by atoms with E-state index in [0.29, 0.717) is 13.2 Å². The summed E-state index contributed by atoms with van der Waals surface area (Å²) in [6.07, 6.45) is 2.19. The zero-order valence-electron chi connectivity index (χ0n) is 16.4. The number of benzene rings is 2. The predicted octanol–water partition coefficient (Wildman–Crippen LogP) is 1.58. The van der Waals surface area contributed by atoms with E-state index in [0.717, 1.165) is 44.0 Å². The van der Waals surface area contributed by atoms with Gasteiger partial charge in [0.25, 0.3) is 0 Å². The summed E-state index contributed by atoms with van der Waals surface area (Å²) in [6, 6.07) is 18.5. The van der Waals surface area contributed by atoms with Gasteiger partial charge in [0.05, 0.1) is 13.1 Å². The summed E-state index contributed by atoms with van der Waals surface area (Å²) in [7, 11) is 0. The standard InChI is InChI=1S/C23H28N2O3/c1-18(26)24-17-23(19-7-3-2-4-8-19)11-13-25(14-12-23)15-20-16-27-21-9-5-6-10-22(21)28-20/h2-10,20H,11-17H2,1H3,(H,24,26)/p+1/t20-/m1/s1. The van der Waals surface area contributed by atoms with Crippen molar-refractivity contribution in [1.29, 1.82) is 0 Å². The van der Waals surface area contributed by atoms with Crippen molar-refractivity contribution < 1.29 is 19.2 Å². The molecule has 0 saturated carbocycles. The second kappa shape index (κ2) is 8.23. The Morgan fingerprint density at radius 1 is 1.07 bits per heavy atom. The second-order valence-corrected chi connectivity index (χ2v) is 8.01. The number of likely N-dealkylation sites (tertiary alicyclic amines) is 1. The quantitative estimate of drug-likeness (QED) is 0.827. The van der Waals surface area contributed by atoms with Crippen molar-refractivity contribution in [2.75, 3.05) is 32.8 Å². The van der Waals surface area contributed by atoms with Gasteiger partial charge in [0.1, 0.15) is 13.2 Å². The highest BCUT2D eigenvalue weighted by atomic mass is 16.6. The number of quaternary nitrogens is 1. The number of carbonyl (C=O) groups is 1. The summed E-state index contributed by atoms with van der Waals surface area (Å²) in [6.45, 7) is 5.98. The van der Waals surface area contributed by atoms with Crippen LogP contribution < -0.4 is 19.7 Å². The van der Waals surface area contributed by atoms with E-state index in [2.05, 4.69) is 29.6 Å². The lowest BCUT2D eigenvalue weighted by Crippen LogP contribution is -3.14. The molecule has 5 nitrogen and oxygen atoms in total. The fraction of sp³-hybridized carbons (Fsp3) is 0.435. The third-order valence-corrected chi connectivity index (χ3v) is 6.06. The Hall–Kier alpha value is -2.53. The average molecular weight is 381 g/mol. The molecular weight excluding hydrogens is 352 g/mol. The molecule has 4 rings (SSSR count). The van der Waals surface area contributed by atoms with E-state index < -0.39 is 0 Å². The van der Waals surface area contributed by atoms with Gasteiger partial charge in [-0.15, -0.1) is 0 Å². The van der Waals surface area contributed by atoms with E-state index in [-0.39, 0.29) is 17.4 Å². The minimum atomic E-state index is 0.0208. The Kier molecular flexibility index (Phi) is 5.53. The Morgan fingerprint density at radius 2 is 1.75 bits per heavy atom. The van der Waals surface area contributed by atoms with E-state index in [4.69, 9.17) is 9.47 Å². The fourth-order valence-electron chi connectivity index (χ4n) is 4.42. The van der Waals surface area contributed by atoms with Gasteiger partial charge in [-0.25, -0.2) is 0 Å². The molecule has 2 N–H and O–H groups in total. The maximum atomic E-state index is 11.5. The highest BCUT2D eigenvalue weighted by Gasteiger charge is 2.39. The van der Waals surface area contributed by atoms with E-state index in [1.54, 1.807) is 11.8 Å². The Bertz CT molecular complexity index is 801. The number of rotatable bonds is 5. The Morgan fingerprint density at radius 3 is 2.46 bits per heavy atom. The number of hydrogen-bond donors (Lipinski definition) is 2. The lowest BCUT2D eigenvalue weighted by molar-refractivity contribution is -0.909. The van der Waals surface area contributed by atoms with Gasteiger partial charge in [-0.1, -0.05) is 42.5 Å². The summed E-state index contributed by atoms with van der Waals surface area (Å²) in [5.74, 6) is 1.72. The molecule has 1 atom stereocenters. The highest BCUT2D eigenvalue weighted by molar-refractivity contribution is 5.73. The van der Waals surface area contributed by atoms with E-state index in [9.17, 15) is 4.79 Å². The maximum absolute atomic E-state index is 11.5. The number of piperidine rings is 1. The van der Waals surface area contributed by atoms with Crippen LogP contribution >= 0.6 is 0 Å². The molecule has 2 aliphatic rings. The van der Waals surface area contributed by atoms with E-state index in [1.807, 2.05) is 30.3 Å². The summed E-state index contributed by atoms with van der Waals surface area (Å²) >= 11 is 0. The van der Waals surface area contributed by atoms with Gasteiger partial charge in [0, 0.05) is 31.7 Å². The number of amides is 1. The van der Waals surface area contributed by atoms with Crippen LogP contribution in [-0.2, 0) is 10.2 Å². The smallest absolute Gasteiger partial charge is 0.216 e. The molecule has 28 heavy (non-hydrogen) atoms. The van der Waals surface area contributed by atoms with Gasteiger partial charge >= 0.3 is 0 Å². The van der Waals surface area contributed by atoms with E-state index >= 15 is 0 Å². The molecular formula is C23H29N2O3+. The van der Waals surface area contributed by atoms with Crippen LogP contribution in [0.4, 0.5) is 0 Å². The molecule has 2 aliphatic heterocycles. The van der Waals surface area contributed by atoms with E-state index in [1.165, 1.54) is 5.56 Å². The lowest BCUT2D eigenvalue weighted by Gasteiger charge is -2.41. The molecule has 1 amide bonds. The molecule has 5 heteroatoms. The van der Waals surface area contributed by atoms with Crippen LogP contribution in [0.5, 0.6) is 11.5 Å². The molecule has 148 valence electrons. The number of ether oxygens (including phenoxy) is 2. The van der Waals surface area contributed by atoms with Gasteiger partial charge in [-0.3, -0.25) is 4.79 Å². The third-order valence-electron chi connectivity index (χ3n) is 6.06. The van der Waals surface area contributed by atoms with Crippen molar-refractivity contribution in [2.45, 2.75) is 31.3 Å². The van der Waals surface area contributed by atoms with Crippen molar-refractivity contribution in [1.82, 2.24) is 5.32 Å². The van der Waals surface area contributed by atoms with Gasteiger partial charge in [0.2, 0.25) is 5.91 Å². The van der Waals surface area contributed by atoms with Crippen LogP contribution in [-0.4, -0.2) is 44.8 Å². The van der Waals surface area contributed by atoms with Crippen molar-refractivity contribution in [3.63, 3.8) is 0 Å². The topological polar surface area (TPSA) is 52.0 Å². The summed E-state index contributed by atoms with van der Waals surface area (Å²) in [5, 5.41) is 3.07. The number of nitrogens with one attached hydrogen (secondary N) is 2. The first kappa shape index (κ1) is 18.8. The lowest BCUT2D eigenvalue weighted by atomic mass is 9.72. The molecule has 0 unspecified atom stereocenters. The van der Waals surface area contributed by atoms with Gasteiger partial charge in [0.15, 0.2) is 17.6 Å². The van der Waals surface area contributed by atoms with Gasteiger partial charge in [-0.05, 0) is 17.7 Å². The molecule has 2 aromatic carbocycles. The number of para-hydroxylation sites is 2. The maximum Gasteiger partial charge on any atom is 0.216 e. The van der Waals surface area contributed by atoms with Gasteiger partial charge in [-0.2, -0.15) is 0 Å². The zero-order chi connectivity index (χ0) is 19.4. The number of fused-ring (bicyclic) bond motifs is 1. The van der Waals surface area contributed by atoms with Crippen LogP contribution in [0.3, 0.4) is 0 Å². The van der Waals surface area contributed by atoms with Crippen molar-refractivity contribution in [2.24, 2.45) is 0 Å². The molecule has 2 aromatic rings. The van der Waals surface area contributed by atoms with Gasteiger partial charge < -0.3 is 19.7 Å². The van der Waals surface area contributed by atoms with Crippen LogP contribution in [0.25, 0.3) is 0 Å². The summed E-state index contributed by atoms with van der Waals surface area (Å²) in [5.41, 5.74) is 1.35. The first-order valence-corrected chi connectivity index (χ1v) is 10.2. The fourth-order valence-corrected chi connectivity index (χ4v) is 4.42. The Balaban J connectivity index is 1.39. The largest absolute Gasteiger partial charge is 0.486 e. The second-order valence-electron chi connectivity index (χ2n) is 8.01. The predicted molar refractivity (Wildman–Crippen MR) is 108 cm³/mol. The normalized spacial score (nSPS) is 26.5. The average Bonchev–Trinajstić information content (AvgIpc) is 2.74. The van der Waals surface area contributed by atoms with Crippen molar-refractivity contribution in [3.8, 4) is 11.5 Å².